The topological polar surface area (TPSA) is 32.3 Å². The van der Waals surface area contributed by atoms with Gasteiger partial charge in [-0.25, -0.2) is 0 Å². The Balaban J connectivity index is 0.00000128. The number of benzene rings is 1. The second kappa shape index (κ2) is 6.23. The molecular weight excluding hydrogens is 291 g/mol. The molecule has 1 amide bonds. The van der Waals surface area contributed by atoms with Crippen LogP contribution in [0, 0.1) is 0 Å². The smallest absolute Gasteiger partial charge is 0.253 e. The van der Waals surface area contributed by atoms with Crippen molar-refractivity contribution in [2.24, 2.45) is 0 Å². The van der Waals surface area contributed by atoms with E-state index in [1.165, 1.54) is 0 Å². The van der Waals surface area contributed by atoms with Crippen molar-refractivity contribution in [1.82, 2.24) is 10.2 Å². The van der Waals surface area contributed by atoms with E-state index in [0.29, 0.717) is 0 Å². The standard InChI is InChI=1S/C11H13BrN2O.ClH/c12-10-3-1-9(2-4-10)11(15)14-7-5-13-6-8-14;/h1-4,13H,5-8H2;1H. The van der Waals surface area contributed by atoms with Crippen LogP contribution >= 0.6 is 28.3 Å². The van der Waals surface area contributed by atoms with E-state index in [1.54, 1.807) is 0 Å². The van der Waals surface area contributed by atoms with E-state index in [2.05, 4.69) is 21.2 Å². The average molecular weight is 306 g/mol. The van der Waals surface area contributed by atoms with E-state index in [9.17, 15) is 4.79 Å². The lowest BCUT2D eigenvalue weighted by molar-refractivity contribution is 0.0736. The molecule has 1 aromatic carbocycles. The van der Waals surface area contributed by atoms with Crippen molar-refractivity contribution in [3.8, 4) is 0 Å². The number of nitrogens with zero attached hydrogens (tertiary/aromatic N) is 1. The Bertz CT molecular complexity index is 350. The van der Waals surface area contributed by atoms with Crippen LogP contribution < -0.4 is 5.32 Å². The first kappa shape index (κ1) is 13.5. The van der Waals surface area contributed by atoms with Gasteiger partial charge in [0.1, 0.15) is 0 Å². The summed E-state index contributed by atoms with van der Waals surface area (Å²) in [6.45, 7) is 3.38. The molecule has 88 valence electrons. The first-order valence-electron chi connectivity index (χ1n) is 5.03. The van der Waals surface area contributed by atoms with E-state index in [4.69, 9.17) is 0 Å². The maximum absolute atomic E-state index is 12.0. The number of nitrogens with one attached hydrogen (secondary N) is 1. The molecule has 0 saturated carbocycles. The third kappa shape index (κ3) is 3.20. The Morgan fingerprint density at radius 1 is 1.19 bits per heavy atom. The molecule has 1 fully saturated rings. The molecule has 16 heavy (non-hydrogen) atoms. The van der Waals surface area contributed by atoms with Gasteiger partial charge in [0, 0.05) is 36.2 Å². The largest absolute Gasteiger partial charge is 0.336 e. The molecule has 0 bridgehead atoms. The lowest BCUT2D eigenvalue weighted by Gasteiger charge is -2.27. The molecule has 1 heterocycles. The van der Waals surface area contributed by atoms with Crippen LogP contribution in [0.25, 0.3) is 0 Å². The molecule has 1 N–H and O–H groups in total. The Hall–Kier alpha value is -0.580. The molecule has 0 unspecified atom stereocenters. The zero-order chi connectivity index (χ0) is 10.7. The van der Waals surface area contributed by atoms with Gasteiger partial charge in [0.05, 0.1) is 0 Å². The molecule has 0 radical (unpaired) electrons. The van der Waals surface area contributed by atoms with Crippen LogP contribution in [-0.2, 0) is 0 Å². The number of halogens is 2. The lowest BCUT2D eigenvalue weighted by atomic mass is 10.2. The second-order valence-corrected chi connectivity index (χ2v) is 4.46. The summed E-state index contributed by atoms with van der Waals surface area (Å²) in [5.41, 5.74) is 0.764. The highest BCUT2D eigenvalue weighted by Gasteiger charge is 2.17. The van der Waals surface area contributed by atoms with Gasteiger partial charge in [0.15, 0.2) is 0 Å². The van der Waals surface area contributed by atoms with Crippen molar-refractivity contribution in [1.29, 1.82) is 0 Å². The number of amides is 1. The fraction of sp³-hybridized carbons (Fsp3) is 0.364. The summed E-state index contributed by atoms with van der Waals surface area (Å²) in [6.07, 6.45) is 0. The van der Waals surface area contributed by atoms with Crippen molar-refractivity contribution in [3.63, 3.8) is 0 Å². The van der Waals surface area contributed by atoms with Crippen LogP contribution in [0.15, 0.2) is 28.7 Å². The van der Waals surface area contributed by atoms with Gasteiger partial charge in [-0.2, -0.15) is 0 Å². The lowest BCUT2D eigenvalue weighted by Crippen LogP contribution is -2.46. The Morgan fingerprint density at radius 2 is 1.75 bits per heavy atom. The minimum absolute atomic E-state index is 0. The third-order valence-corrected chi connectivity index (χ3v) is 3.02. The molecule has 1 aliphatic heterocycles. The van der Waals surface area contributed by atoms with Gasteiger partial charge in [0.2, 0.25) is 0 Å². The predicted octanol–water partition coefficient (Wildman–Crippen LogP) is 1.92. The molecule has 1 aliphatic rings. The van der Waals surface area contributed by atoms with E-state index in [1.807, 2.05) is 29.2 Å². The van der Waals surface area contributed by atoms with Crippen molar-refractivity contribution < 1.29 is 4.79 Å². The minimum atomic E-state index is 0. The Morgan fingerprint density at radius 3 is 2.31 bits per heavy atom. The monoisotopic (exact) mass is 304 g/mol. The van der Waals surface area contributed by atoms with E-state index >= 15 is 0 Å². The Kier molecular flexibility index (Phi) is 5.25. The second-order valence-electron chi connectivity index (χ2n) is 3.55. The number of rotatable bonds is 1. The summed E-state index contributed by atoms with van der Waals surface area (Å²) in [7, 11) is 0. The number of hydrogen-bond donors (Lipinski definition) is 1. The number of hydrogen-bond acceptors (Lipinski definition) is 2. The molecule has 0 aliphatic carbocycles. The SMILES string of the molecule is Cl.O=C(c1ccc(Br)cc1)N1CCNCC1. The van der Waals surface area contributed by atoms with Crippen molar-refractivity contribution in [2.75, 3.05) is 26.2 Å². The van der Waals surface area contributed by atoms with Gasteiger partial charge in [-0.3, -0.25) is 4.79 Å². The van der Waals surface area contributed by atoms with Gasteiger partial charge in [-0.1, -0.05) is 15.9 Å². The van der Waals surface area contributed by atoms with E-state index < -0.39 is 0 Å². The molecule has 1 aromatic rings. The number of carbonyl (C=O) groups excluding carboxylic acids is 1. The number of piperazine rings is 1. The van der Waals surface area contributed by atoms with Gasteiger partial charge >= 0.3 is 0 Å². The zero-order valence-electron chi connectivity index (χ0n) is 8.78. The summed E-state index contributed by atoms with van der Waals surface area (Å²) in [5.74, 6) is 0.129. The minimum Gasteiger partial charge on any atom is -0.336 e. The van der Waals surface area contributed by atoms with Crippen molar-refractivity contribution in [3.05, 3.63) is 34.3 Å². The first-order valence-corrected chi connectivity index (χ1v) is 5.82. The quantitative estimate of drug-likeness (QED) is 0.860. The predicted molar refractivity (Wildman–Crippen MR) is 70.2 cm³/mol. The van der Waals surface area contributed by atoms with E-state index in [-0.39, 0.29) is 18.3 Å². The summed E-state index contributed by atoms with van der Waals surface area (Å²) < 4.78 is 0.999. The van der Waals surface area contributed by atoms with Crippen molar-refractivity contribution in [2.45, 2.75) is 0 Å². The molecule has 1 saturated heterocycles. The highest BCUT2D eigenvalue weighted by Crippen LogP contribution is 2.12. The molecule has 5 heteroatoms. The normalized spacial score (nSPS) is 15.4. The Labute approximate surface area is 110 Å². The van der Waals surface area contributed by atoms with Crippen LogP contribution in [0.2, 0.25) is 0 Å². The fourth-order valence-electron chi connectivity index (χ4n) is 1.64. The van der Waals surface area contributed by atoms with Crippen molar-refractivity contribution >= 4 is 34.2 Å². The molecule has 0 atom stereocenters. The van der Waals surface area contributed by atoms with Gasteiger partial charge in [-0.05, 0) is 24.3 Å². The summed E-state index contributed by atoms with van der Waals surface area (Å²) in [5, 5.41) is 3.23. The van der Waals surface area contributed by atoms with Crippen LogP contribution in [0.5, 0.6) is 0 Å². The fourth-order valence-corrected chi connectivity index (χ4v) is 1.91. The number of carbonyl (C=O) groups is 1. The van der Waals surface area contributed by atoms with Crippen LogP contribution in [0.3, 0.4) is 0 Å². The van der Waals surface area contributed by atoms with Gasteiger partial charge in [0.25, 0.3) is 5.91 Å². The van der Waals surface area contributed by atoms with E-state index in [0.717, 1.165) is 36.2 Å². The average Bonchev–Trinajstić information content (AvgIpc) is 2.30. The van der Waals surface area contributed by atoms with Crippen LogP contribution in [0.1, 0.15) is 10.4 Å². The zero-order valence-corrected chi connectivity index (χ0v) is 11.2. The van der Waals surface area contributed by atoms with Gasteiger partial charge < -0.3 is 10.2 Å². The molecular formula is C11H14BrClN2O. The maximum atomic E-state index is 12.0. The maximum Gasteiger partial charge on any atom is 0.253 e. The van der Waals surface area contributed by atoms with Crippen LogP contribution in [-0.4, -0.2) is 37.0 Å². The van der Waals surface area contributed by atoms with Gasteiger partial charge in [-0.15, -0.1) is 12.4 Å². The first-order chi connectivity index (χ1) is 7.27. The summed E-state index contributed by atoms with van der Waals surface area (Å²) in [6, 6.07) is 7.51. The third-order valence-electron chi connectivity index (χ3n) is 2.50. The highest BCUT2D eigenvalue weighted by atomic mass is 79.9. The summed E-state index contributed by atoms with van der Waals surface area (Å²) >= 11 is 3.36. The van der Waals surface area contributed by atoms with Crippen LogP contribution in [0.4, 0.5) is 0 Å². The highest BCUT2D eigenvalue weighted by molar-refractivity contribution is 9.10. The molecule has 0 aromatic heterocycles. The summed E-state index contributed by atoms with van der Waals surface area (Å²) in [4.78, 5) is 13.9. The molecule has 3 nitrogen and oxygen atoms in total. The molecule has 2 rings (SSSR count). The molecule has 0 spiro atoms.